The molecule has 1 aliphatic heterocycles. The molecule has 0 amide bonds. The summed E-state index contributed by atoms with van der Waals surface area (Å²) >= 11 is 0. The third-order valence-electron chi connectivity index (χ3n) is 6.86. The van der Waals surface area contributed by atoms with Gasteiger partial charge in [0.1, 0.15) is 0 Å². The molecule has 2 saturated carbocycles. The van der Waals surface area contributed by atoms with Crippen LogP contribution in [-0.4, -0.2) is 31.1 Å². The predicted molar refractivity (Wildman–Crippen MR) is 99.0 cm³/mol. The van der Waals surface area contributed by atoms with E-state index in [0.717, 1.165) is 37.8 Å². The van der Waals surface area contributed by atoms with Gasteiger partial charge in [0.2, 0.25) is 0 Å². The Morgan fingerprint density at radius 3 is 2.33 bits per heavy atom. The summed E-state index contributed by atoms with van der Waals surface area (Å²) in [7, 11) is 0. The Kier molecular flexibility index (Phi) is 5.94. The molecule has 0 aromatic carbocycles. The molecule has 2 unspecified atom stereocenters. The van der Waals surface area contributed by atoms with Gasteiger partial charge in [-0.3, -0.25) is 0 Å². The summed E-state index contributed by atoms with van der Waals surface area (Å²) in [4.78, 5) is 0. The first kappa shape index (κ1) is 18.7. The van der Waals surface area contributed by atoms with Crippen molar-refractivity contribution in [3.63, 3.8) is 0 Å². The van der Waals surface area contributed by atoms with E-state index in [2.05, 4.69) is 33.0 Å². The SMILES string of the molecule is CC(NCC1CCCCC1)C1COC2(CCC(C(C)(C)C)CC2)O1. The highest BCUT2D eigenvalue weighted by atomic mass is 16.7. The summed E-state index contributed by atoms with van der Waals surface area (Å²) in [6.07, 6.45) is 11.9. The highest BCUT2D eigenvalue weighted by molar-refractivity contribution is 4.91. The number of rotatable bonds is 4. The molecular weight excluding hydrogens is 298 g/mol. The zero-order chi connectivity index (χ0) is 17.2. The van der Waals surface area contributed by atoms with E-state index < -0.39 is 0 Å². The molecule has 24 heavy (non-hydrogen) atoms. The molecule has 3 nitrogen and oxygen atoms in total. The van der Waals surface area contributed by atoms with Gasteiger partial charge in [-0.2, -0.15) is 0 Å². The van der Waals surface area contributed by atoms with Crippen LogP contribution >= 0.6 is 0 Å². The van der Waals surface area contributed by atoms with Crippen LogP contribution in [0.1, 0.15) is 85.5 Å². The summed E-state index contributed by atoms with van der Waals surface area (Å²) in [5.41, 5.74) is 0.411. The Balaban J connectivity index is 1.43. The van der Waals surface area contributed by atoms with Gasteiger partial charge in [0, 0.05) is 18.9 Å². The van der Waals surface area contributed by atoms with Gasteiger partial charge in [0.25, 0.3) is 0 Å². The maximum atomic E-state index is 6.47. The van der Waals surface area contributed by atoms with Crippen molar-refractivity contribution in [2.75, 3.05) is 13.2 Å². The minimum Gasteiger partial charge on any atom is -0.347 e. The van der Waals surface area contributed by atoms with Crippen molar-refractivity contribution in [3.8, 4) is 0 Å². The molecule has 0 bridgehead atoms. The van der Waals surface area contributed by atoms with Crippen LogP contribution in [0.15, 0.2) is 0 Å². The molecule has 1 heterocycles. The molecule has 3 heteroatoms. The van der Waals surface area contributed by atoms with Crippen LogP contribution in [0.4, 0.5) is 0 Å². The molecule has 3 rings (SSSR count). The van der Waals surface area contributed by atoms with E-state index >= 15 is 0 Å². The standard InChI is InChI=1S/C21H39NO2/c1-16(22-14-17-8-6-5-7-9-17)19-15-23-21(24-19)12-10-18(11-13-21)20(2,3)4/h16-19,22H,5-15H2,1-4H3. The average Bonchev–Trinajstić information content (AvgIpc) is 2.97. The van der Waals surface area contributed by atoms with Gasteiger partial charge in [0.15, 0.2) is 5.79 Å². The largest absolute Gasteiger partial charge is 0.347 e. The molecule has 0 radical (unpaired) electrons. The van der Waals surface area contributed by atoms with Crippen LogP contribution in [0.25, 0.3) is 0 Å². The van der Waals surface area contributed by atoms with Gasteiger partial charge in [-0.05, 0) is 56.4 Å². The normalized spacial score (nSPS) is 37.0. The first-order chi connectivity index (χ1) is 11.4. The minimum absolute atomic E-state index is 0.222. The van der Waals surface area contributed by atoms with Crippen LogP contribution < -0.4 is 5.32 Å². The second-order valence-electron chi connectivity index (χ2n) is 9.72. The van der Waals surface area contributed by atoms with Gasteiger partial charge in [0.05, 0.1) is 12.7 Å². The molecule has 1 spiro atoms. The lowest BCUT2D eigenvalue weighted by atomic mass is 9.71. The quantitative estimate of drug-likeness (QED) is 0.792. The molecule has 0 aromatic heterocycles. The third-order valence-corrected chi connectivity index (χ3v) is 6.86. The minimum atomic E-state index is -0.271. The van der Waals surface area contributed by atoms with Crippen LogP contribution in [0.3, 0.4) is 0 Å². The fourth-order valence-electron chi connectivity index (χ4n) is 4.89. The van der Waals surface area contributed by atoms with Crippen LogP contribution in [0, 0.1) is 17.3 Å². The molecule has 3 fully saturated rings. The molecule has 3 aliphatic rings. The van der Waals surface area contributed by atoms with Crippen molar-refractivity contribution in [2.45, 2.75) is 103 Å². The van der Waals surface area contributed by atoms with Crippen molar-refractivity contribution in [2.24, 2.45) is 17.3 Å². The van der Waals surface area contributed by atoms with Gasteiger partial charge < -0.3 is 14.8 Å². The van der Waals surface area contributed by atoms with Crippen molar-refractivity contribution in [1.29, 1.82) is 0 Å². The summed E-state index contributed by atoms with van der Waals surface area (Å²) in [6.45, 7) is 11.3. The molecule has 1 N–H and O–H groups in total. The Morgan fingerprint density at radius 1 is 1.04 bits per heavy atom. The van der Waals surface area contributed by atoms with E-state index in [1.165, 1.54) is 44.9 Å². The summed E-state index contributed by atoms with van der Waals surface area (Å²) in [5.74, 6) is 1.41. The topological polar surface area (TPSA) is 30.5 Å². The van der Waals surface area contributed by atoms with E-state index in [1.807, 2.05) is 0 Å². The van der Waals surface area contributed by atoms with Gasteiger partial charge in [-0.25, -0.2) is 0 Å². The Hall–Kier alpha value is -0.120. The Bertz CT molecular complexity index is 389. The number of ether oxygens (including phenoxy) is 2. The number of nitrogens with one attached hydrogen (secondary N) is 1. The molecule has 1 saturated heterocycles. The van der Waals surface area contributed by atoms with Crippen molar-refractivity contribution >= 4 is 0 Å². The van der Waals surface area contributed by atoms with Crippen molar-refractivity contribution in [3.05, 3.63) is 0 Å². The molecule has 2 atom stereocenters. The maximum Gasteiger partial charge on any atom is 0.169 e. The summed E-state index contributed by atoms with van der Waals surface area (Å²) in [5, 5.41) is 3.74. The first-order valence-corrected chi connectivity index (χ1v) is 10.4. The van der Waals surface area contributed by atoms with Gasteiger partial charge in [-0.15, -0.1) is 0 Å². The predicted octanol–water partition coefficient (Wildman–Crippen LogP) is 4.89. The Morgan fingerprint density at radius 2 is 1.71 bits per heavy atom. The second kappa shape index (κ2) is 7.63. The fourth-order valence-corrected chi connectivity index (χ4v) is 4.89. The van der Waals surface area contributed by atoms with Crippen molar-refractivity contribution in [1.82, 2.24) is 5.32 Å². The fraction of sp³-hybridized carbons (Fsp3) is 1.00. The van der Waals surface area contributed by atoms with Gasteiger partial charge >= 0.3 is 0 Å². The lowest BCUT2D eigenvalue weighted by Crippen LogP contribution is -2.44. The zero-order valence-corrected chi connectivity index (χ0v) is 16.4. The zero-order valence-electron chi connectivity index (χ0n) is 16.4. The Labute approximate surface area is 149 Å². The van der Waals surface area contributed by atoms with Crippen LogP contribution in [-0.2, 0) is 9.47 Å². The van der Waals surface area contributed by atoms with Gasteiger partial charge in [-0.1, -0.05) is 40.0 Å². The summed E-state index contributed by atoms with van der Waals surface area (Å²) in [6, 6.07) is 0.395. The van der Waals surface area contributed by atoms with E-state index in [9.17, 15) is 0 Å². The monoisotopic (exact) mass is 337 g/mol. The van der Waals surface area contributed by atoms with Crippen molar-refractivity contribution < 1.29 is 9.47 Å². The average molecular weight is 338 g/mol. The van der Waals surface area contributed by atoms with Crippen LogP contribution in [0.5, 0.6) is 0 Å². The number of hydrogen-bond donors (Lipinski definition) is 1. The van der Waals surface area contributed by atoms with E-state index in [1.54, 1.807) is 0 Å². The molecular formula is C21H39NO2. The highest BCUT2D eigenvalue weighted by Crippen LogP contribution is 2.45. The molecule has 0 aromatic rings. The molecule has 2 aliphatic carbocycles. The third kappa shape index (κ3) is 4.53. The molecule has 140 valence electrons. The maximum absolute atomic E-state index is 6.47. The smallest absolute Gasteiger partial charge is 0.169 e. The van der Waals surface area contributed by atoms with E-state index in [-0.39, 0.29) is 11.9 Å². The van der Waals surface area contributed by atoms with Crippen LogP contribution in [0.2, 0.25) is 0 Å². The lowest BCUT2D eigenvalue weighted by Gasteiger charge is -2.41. The summed E-state index contributed by atoms with van der Waals surface area (Å²) < 4.78 is 12.7. The second-order valence-corrected chi connectivity index (χ2v) is 9.72. The number of hydrogen-bond acceptors (Lipinski definition) is 3. The van der Waals surface area contributed by atoms with E-state index in [4.69, 9.17) is 9.47 Å². The van der Waals surface area contributed by atoms with E-state index in [0.29, 0.717) is 11.5 Å². The highest BCUT2D eigenvalue weighted by Gasteiger charge is 2.46. The first-order valence-electron chi connectivity index (χ1n) is 10.4. The lowest BCUT2D eigenvalue weighted by molar-refractivity contribution is -0.198.